The van der Waals surface area contributed by atoms with Gasteiger partial charge >= 0.3 is 0 Å². The van der Waals surface area contributed by atoms with Crippen LogP contribution >= 0.6 is 36.4 Å². The van der Waals surface area contributed by atoms with Gasteiger partial charge in [-0.3, -0.25) is 9.69 Å². The predicted molar refractivity (Wildman–Crippen MR) is 115 cm³/mol. The first-order chi connectivity index (χ1) is 11.6. The number of hydrogen-bond donors (Lipinski definition) is 2. The van der Waals surface area contributed by atoms with Gasteiger partial charge in [0.05, 0.1) is 6.04 Å². The zero-order valence-electron chi connectivity index (χ0n) is 15.6. The number of rotatable bonds is 8. The van der Waals surface area contributed by atoms with Crippen molar-refractivity contribution in [3.63, 3.8) is 0 Å². The van der Waals surface area contributed by atoms with E-state index in [0.717, 1.165) is 42.9 Å². The number of nitrogens with two attached hydrogens (primary N) is 1. The second-order valence-electron chi connectivity index (χ2n) is 6.62. The van der Waals surface area contributed by atoms with Crippen LogP contribution in [0.2, 0.25) is 5.02 Å². The summed E-state index contributed by atoms with van der Waals surface area (Å²) in [6.07, 6.45) is 3.79. The van der Waals surface area contributed by atoms with Gasteiger partial charge < -0.3 is 11.1 Å². The topological polar surface area (TPSA) is 58.4 Å². The summed E-state index contributed by atoms with van der Waals surface area (Å²) in [5, 5.41) is 3.86. The van der Waals surface area contributed by atoms with Crippen LogP contribution in [0, 0.1) is 5.92 Å². The Balaban J connectivity index is 0.00000312. The van der Waals surface area contributed by atoms with Crippen LogP contribution in [0.25, 0.3) is 0 Å². The molecule has 0 aromatic heterocycles. The summed E-state index contributed by atoms with van der Waals surface area (Å²) in [6, 6.07) is 8.16. The van der Waals surface area contributed by atoms with Gasteiger partial charge in [-0.25, -0.2) is 0 Å². The first-order valence-electron chi connectivity index (χ1n) is 9.07. The second kappa shape index (κ2) is 12.8. The molecule has 1 aromatic carbocycles. The molecule has 1 aromatic rings. The van der Waals surface area contributed by atoms with Crippen molar-refractivity contribution in [2.45, 2.75) is 51.6 Å². The monoisotopic (exact) mass is 423 g/mol. The van der Waals surface area contributed by atoms with E-state index in [1.54, 1.807) is 0 Å². The summed E-state index contributed by atoms with van der Waals surface area (Å²) in [7, 11) is 0. The van der Waals surface area contributed by atoms with Crippen LogP contribution in [0.5, 0.6) is 0 Å². The molecule has 0 aliphatic heterocycles. The van der Waals surface area contributed by atoms with Gasteiger partial charge in [0.1, 0.15) is 0 Å². The summed E-state index contributed by atoms with van der Waals surface area (Å²) in [6.45, 7) is 6.66. The van der Waals surface area contributed by atoms with Gasteiger partial charge in [0.15, 0.2) is 0 Å². The third-order valence-electron chi connectivity index (χ3n) is 5.18. The van der Waals surface area contributed by atoms with Crippen LogP contribution in [-0.4, -0.2) is 36.5 Å². The molecule has 1 saturated carbocycles. The van der Waals surface area contributed by atoms with Gasteiger partial charge in [-0.2, -0.15) is 0 Å². The van der Waals surface area contributed by atoms with E-state index in [4.69, 9.17) is 17.3 Å². The normalized spacial score (nSPS) is 20.2. The van der Waals surface area contributed by atoms with Crippen molar-refractivity contribution in [2.24, 2.45) is 11.7 Å². The molecule has 0 heterocycles. The van der Waals surface area contributed by atoms with Gasteiger partial charge in [0.25, 0.3) is 0 Å². The number of benzene rings is 1. The Kier molecular flexibility index (Phi) is 12.5. The molecule has 150 valence electrons. The van der Waals surface area contributed by atoms with Crippen LogP contribution in [0.3, 0.4) is 0 Å². The molecule has 3 atom stereocenters. The highest BCUT2D eigenvalue weighted by Crippen LogP contribution is 2.28. The molecule has 1 fully saturated rings. The summed E-state index contributed by atoms with van der Waals surface area (Å²) in [5.74, 6) is 0.429. The van der Waals surface area contributed by atoms with Gasteiger partial charge in [0, 0.05) is 24.0 Å². The molecule has 0 radical (unpaired) electrons. The number of carbonyl (C=O) groups excluding carboxylic acids is 1. The number of carbonyl (C=O) groups is 1. The number of hydrogen-bond acceptors (Lipinski definition) is 3. The third-order valence-corrected chi connectivity index (χ3v) is 5.52. The largest absolute Gasteiger partial charge is 0.354 e. The van der Waals surface area contributed by atoms with Crippen molar-refractivity contribution < 1.29 is 4.79 Å². The molecular formula is C19H32Cl3N3O. The minimum atomic E-state index is 0. The first kappa shape index (κ1) is 25.5. The van der Waals surface area contributed by atoms with Crippen LogP contribution in [0.4, 0.5) is 0 Å². The van der Waals surface area contributed by atoms with Crippen LogP contribution in [0.15, 0.2) is 24.3 Å². The maximum atomic E-state index is 12.3. The smallest absolute Gasteiger partial charge is 0.220 e. The number of nitrogens with one attached hydrogen (secondary N) is 1. The van der Waals surface area contributed by atoms with E-state index in [1.807, 2.05) is 24.3 Å². The standard InChI is InChI=1S/C19H30ClN3O.2ClH/c1-3-23(4-2)18(15-9-5-6-10-16(15)20)13-22-19(24)12-14-8-7-11-17(14)21;;/h5-6,9-10,14,17-18H,3-4,7-8,11-13,21H2,1-2H3,(H,22,24);2*1H/t14-,17+,18?;;/m0../s1. The third kappa shape index (κ3) is 6.90. The van der Waals surface area contributed by atoms with Crippen LogP contribution in [0.1, 0.15) is 51.1 Å². The summed E-state index contributed by atoms with van der Waals surface area (Å²) < 4.78 is 0. The molecule has 1 aliphatic rings. The lowest BCUT2D eigenvalue weighted by atomic mass is 9.99. The Morgan fingerprint density at radius 2 is 1.92 bits per heavy atom. The minimum absolute atomic E-state index is 0. The molecular weight excluding hydrogens is 393 g/mol. The molecule has 2 rings (SSSR count). The molecule has 26 heavy (non-hydrogen) atoms. The quantitative estimate of drug-likeness (QED) is 0.657. The minimum Gasteiger partial charge on any atom is -0.354 e. The first-order valence-corrected chi connectivity index (χ1v) is 9.45. The Bertz CT molecular complexity index is 541. The zero-order valence-corrected chi connectivity index (χ0v) is 18.0. The molecule has 1 unspecified atom stereocenters. The number of nitrogens with zero attached hydrogens (tertiary/aromatic N) is 1. The van der Waals surface area contributed by atoms with E-state index in [-0.39, 0.29) is 42.8 Å². The number of likely N-dealkylation sites (N-methyl/N-ethyl adjacent to an activating group) is 1. The Morgan fingerprint density at radius 1 is 1.27 bits per heavy atom. The summed E-state index contributed by atoms with van der Waals surface area (Å²) in [4.78, 5) is 14.7. The van der Waals surface area contributed by atoms with Gasteiger partial charge in [-0.1, -0.05) is 50.1 Å². The Hall–Kier alpha value is -0.520. The highest BCUT2D eigenvalue weighted by atomic mass is 35.5. The van der Waals surface area contributed by atoms with Crippen molar-refractivity contribution in [3.05, 3.63) is 34.9 Å². The fraction of sp³-hybridized carbons (Fsp3) is 0.632. The van der Waals surface area contributed by atoms with E-state index < -0.39 is 0 Å². The molecule has 4 nitrogen and oxygen atoms in total. The van der Waals surface area contributed by atoms with Crippen LogP contribution < -0.4 is 11.1 Å². The lowest BCUT2D eigenvalue weighted by Crippen LogP contribution is -2.39. The lowest BCUT2D eigenvalue weighted by molar-refractivity contribution is -0.122. The van der Waals surface area contributed by atoms with E-state index in [9.17, 15) is 4.79 Å². The second-order valence-corrected chi connectivity index (χ2v) is 7.03. The average Bonchev–Trinajstić information content (AvgIpc) is 2.97. The molecule has 7 heteroatoms. The molecule has 0 saturated heterocycles. The maximum absolute atomic E-state index is 12.3. The van der Waals surface area contributed by atoms with Crippen LogP contribution in [-0.2, 0) is 4.79 Å². The van der Waals surface area contributed by atoms with Crippen molar-refractivity contribution in [1.29, 1.82) is 0 Å². The predicted octanol–water partition coefficient (Wildman–Crippen LogP) is 4.20. The highest BCUT2D eigenvalue weighted by Gasteiger charge is 2.27. The number of halogens is 3. The highest BCUT2D eigenvalue weighted by molar-refractivity contribution is 6.31. The van der Waals surface area contributed by atoms with Crippen molar-refractivity contribution >= 4 is 42.3 Å². The van der Waals surface area contributed by atoms with E-state index in [1.165, 1.54) is 0 Å². The molecule has 3 N–H and O–H groups in total. The van der Waals surface area contributed by atoms with Gasteiger partial charge in [0.2, 0.25) is 5.91 Å². The fourth-order valence-corrected chi connectivity index (χ4v) is 3.95. The SMILES string of the molecule is CCN(CC)C(CNC(=O)C[C@@H]1CCC[C@H]1N)c1ccccc1Cl.Cl.Cl. The Labute approximate surface area is 175 Å². The Morgan fingerprint density at radius 3 is 2.46 bits per heavy atom. The molecule has 0 spiro atoms. The molecule has 0 bridgehead atoms. The fourth-order valence-electron chi connectivity index (χ4n) is 3.69. The summed E-state index contributed by atoms with van der Waals surface area (Å²) >= 11 is 6.39. The zero-order chi connectivity index (χ0) is 17.5. The average molecular weight is 425 g/mol. The van der Waals surface area contributed by atoms with Gasteiger partial charge in [-0.15, -0.1) is 24.8 Å². The van der Waals surface area contributed by atoms with E-state index in [2.05, 4.69) is 24.1 Å². The van der Waals surface area contributed by atoms with Crippen molar-refractivity contribution in [2.75, 3.05) is 19.6 Å². The molecule has 1 amide bonds. The lowest BCUT2D eigenvalue weighted by Gasteiger charge is -2.31. The van der Waals surface area contributed by atoms with E-state index >= 15 is 0 Å². The number of amides is 1. The van der Waals surface area contributed by atoms with E-state index in [0.29, 0.717) is 18.9 Å². The van der Waals surface area contributed by atoms with Crippen molar-refractivity contribution in [1.82, 2.24) is 10.2 Å². The van der Waals surface area contributed by atoms with Crippen molar-refractivity contribution in [3.8, 4) is 0 Å². The van der Waals surface area contributed by atoms with Gasteiger partial charge in [-0.05, 0) is 43.5 Å². The maximum Gasteiger partial charge on any atom is 0.220 e. The summed E-state index contributed by atoms with van der Waals surface area (Å²) in [5.41, 5.74) is 7.15. The molecule has 1 aliphatic carbocycles.